The van der Waals surface area contributed by atoms with Gasteiger partial charge in [-0.25, -0.2) is 4.79 Å². The van der Waals surface area contributed by atoms with Gasteiger partial charge in [-0.15, -0.1) is 0 Å². The Morgan fingerprint density at radius 2 is 2.10 bits per heavy atom. The SMILES string of the molecule is O=C1CN(C(=O)OCc2ccc([N+](=O)[O-])cc2)CCN1. The van der Waals surface area contributed by atoms with E-state index in [1.807, 2.05) is 0 Å². The van der Waals surface area contributed by atoms with E-state index in [9.17, 15) is 19.7 Å². The monoisotopic (exact) mass is 279 g/mol. The van der Waals surface area contributed by atoms with E-state index in [1.54, 1.807) is 0 Å². The molecular weight excluding hydrogens is 266 g/mol. The molecule has 20 heavy (non-hydrogen) atoms. The van der Waals surface area contributed by atoms with Crippen molar-refractivity contribution in [2.45, 2.75) is 6.61 Å². The average Bonchev–Trinajstić information content (AvgIpc) is 2.45. The van der Waals surface area contributed by atoms with Gasteiger partial charge < -0.3 is 10.1 Å². The number of ether oxygens (including phenoxy) is 1. The predicted octanol–water partition coefficient (Wildman–Crippen LogP) is 0.663. The van der Waals surface area contributed by atoms with Crippen LogP contribution in [-0.4, -0.2) is 41.5 Å². The van der Waals surface area contributed by atoms with Crippen molar-refractivity contribution in [3.63, 3.8) is 0 Å². The molecule has 1 N–H and O–H groups in total. The van der Waals surface area contributed by atoms with Crippen molar-refractivity contribution in [1.82, 2.24) is 10.2 Å². The molecule has 0 radical (unpaired) electrons. The van der Waals surface area contributed by atoms with E-state index in [0.717, 1.165) is 0 Å². The third kappa shape index (κ3) is 3.44. The maximum absolute atomic E-state index is 11.7. The number of nitrogens with zero attached hydrogens (tertiary/aromatic N) is 2. The molecule has 1 aliphatic rings. The molecule has 0 aromatic heterocycles. The zero-order chi connectivity index (χ0) is 14.5. The fourth-order valence-corrected chi connectivity index (χ4v) is 1.74. The lowest BCUT2D eigenvalue weighted by atomic mass is 10.2. The molecule has 1 saturated heterocycles. The molecule has 1 fully saturated rings. The highest BCUT2D eigenvalue weighted by atomic mass is 16.6. The number of rotatable bonds is 3. The van der Waals surface area contributed by atoms with Gasteiger partial charge in [0.25, 0.3) is 5.69 Å². The van der Waals surface area contributed by atoms with Crippen LogP contribution in [0.3, 0.4) is 0 Å². The first-order chi connectivity index (χ1) is 9.56. The van der Waals surface area contributed by atoms with Crippen LogP contribution in [0.5, 0.6) is 0 Å². The van der Waals surface area contributed by atoms with Crippen LogP contribution in [0.4, 0.5) is 10.5 Å². The number of nitro groups is 1. The number of piperazine rings is 1. The molecule has 1 aromatic carbocycles. The molecule has 8 nitrogen and oxygen atoms in total. The summed E-state index contributed by atoms with van der Waals surface area (Å²) in [6.07, 6.45) is -0.571. The molecule has 1 aromatic rings. The lowest BCUT2D eigenvalue weighted by Crippen LogP contribution is -2.50. The van der Waals surface area contributed by atoms with Crippen LogP contribution in [0.2, 0.25) is 0 Å². The molecule has 106 valence electrons. The highest BCUT2D eigenvalue weighted by Gasteiger charge is 2.22. The Bertz CT molecular complexity index is 528. The number of nitrogens with one attached hydrogen (secondary N) is 1. The maximum Gasteiger partial charge on any atom is 0.410 e. The first-order valence-electron chi connectivity index (χ1n) is 5.98. The Labute approximate surface area is 114 Å². The van der Waals surface area contributed by atoms with Gasteiger partial charge in [0.15, 0.2) is 0 Å². The second kappa shape index (κ2) is 6.00. The second-order valence-electron chi connectivity index (χ2n) is 4.25. The van der Waals surface area contributed by atoms with Gasteiger partial charge in [0, 0.05) is 25.2 Å². The molecule has 8 heteroatoms. The van der Waals surface area contributed by atoms with Crippen molar-refractivity contribution in [2.75, 3.05) is 19.6 Å². The van der Waals surface area contributed by atoms with Crippen LogP contribution in [0.15, 0.2) is 24.3 Å². The molecule has 1 aliphatic heterocycles. The maximum atomic E-state index is 11.7. The minimum Gasteiger partial charge on any atom is -0.445 e. The molecule has 0 unspecified atom stereocenters. The summed E-state index contributed by atoms with van der Waals surface area (Å²) in [7, 11) is 0. The van der Waals surface area contributed by atoms with Gasteiger partial charge in [-0.1, -0.05) is 0 Å². The van der Waals surface area contributed by atoms with Gasteiger partial charge >= 0.3 is 6.09 Å². The first-order valence-corrected chi connectivity index (χ1v) is 5.98. The van der Waals surface area contributed by atoms with Crippen LogP contribution in [-0.2, 0) is 16.1 Å². The van der Waals surface area contributed by atoms with Gasteiger partial charge in [-0.05, 0) is 17.7 Å². The predicted molar refractivity (Wildman–Crippen MR) is 67.9 cm³/mol. The van der Waals surface area contributed by atoms with E-state index >= 15 is 0 Å². The zero-order valence-electron chi connectivity index (χ0n) is 10.6. The Hall–Kier alpha value is -2.64. The quantitative estimate of drug-likeness (QED) is 0.647. The van der Waals surface area contributed by atoms with Crippen molar-refractivity contribution in [3.8, 4) is 0 Å². The number of nitro benzene ring substituents is 1. The van der Waals surface area contributed by atoms with Gasteiger partial charge in [0.05, 0.1) is 4.92 Å². The van der Waals surface area contributed by atoms with Crippen LogP contribution in [0.25, 0.3) is 0 Å². The average molecular weight is 279 g/mol. The highest BCUT2D eigenvalue weighted by molar-refractivity contribution is 5.83. The summed E-state index contributed by atoms with van der Waals surface area (Å²) in [5.74, 6) is -0.219. The molecule has 0 spiro atoms. The van der Waals surface area contributed by atoms with Gasteiger partial charge in [-0.3, -0.25) is 19.8 Å². The largest absolute Gasteiger partial charge is 0.445 e. The normalized spacial score (nSPS) is 14.6. The van der Waals surface area contributed by atoms with Gasteiger partial charge in [0.1, 0.15) is 13.2 Å². The van der Waals surface area contributed by atoms with Crippen molar-refractivity contribution >= 4 is 17.7 Å². The van der Waals surface area contributed by atoms with Crippen LogP contribution < -0.4 is 5.32 Å². The topological polar surface area (TPSA) is 102 Å². The Morgan fingerprint density at radius 1 is 1.40 bits per heavy atom. The third-order valence-electron chi connectivity index (χ3n) is 2.81. The fraction of sp³-hybridized carbons (Fsp3) is 0.333. The molecular formula is C12H13N3O5. The van der Waals surface area contributed by atoms with E-state index in [-0.39, 0.29) is 24.7 Å². The molecule has 0 aliphatic carbocycles. The highest BCUT2D eigenvalue weighted by Crippen LogP contribution is 2.13. The number of hydrogen-bond acceptors (Lipinski definition) is 5. The zero-order valence-corrected chi connectivity index (χ0v) is 10.6. The summed E-state index contributed by atoms with van der Waals surface area (Å²) in [4.78, 5) is 34.1. The van der Waals surface area contributed by atoms with E-state index in [0.29, 0.717) is 18.7 Å². The number of carbonyl (C=O) groups is 2. The summed E-state index contributed by atoms with van der Waals surface area (Å²) >= 11 is 0. The van der Waals surface area contributed by atoms with E-state index in [4.69, 9.17) is 4.74 Å². The summed E-state index contributed by atoms with van der Waals surface area (Å²) in [6.45, 7) is 0.810. The minimum absolute atomic E-state index is 0.00888. The Kier molecular flexibility index (Phi) is 4.14. The summed E-state index contributed by atoms with van der Waals surface area (Å²) < 4.78 is 5.05. The number of hydrogen-bond donors (Lipinski definition) is 1. The summed E-state index contributed by atoms with van der Waals surface area (Å²) in [5, 5.41) is 13.1. The fourth-order valence-electron chi connectivity index (χ4n) is 1.74. The smallest absolute Gasteiger partial charge is 0.410 e. The molecule has 1 heterocycles. The first kappa shape index (κ1) is 13.8. The number of carbonyl (C=O) groups excluding carboxylic acids is 2. The third-order valence-corrected chi connectivity index (χ3v) is 2.81. The molecule has 2 amide bonds. The standard InChI is InChI=1S/C12H13N3O5/c16-11-7-14(6-5-13-11)12(17)20-8-9-1-3-10(4-2-9)15(18)19/h1-4H,5-8H2,(H,13,16). The van der Waals surface area contributed by atoms with Gasteiger partial charge in [-0.2, -0.15) is 0 Å². The number of benzene rings is 1. The Morgan fingerprint density at radius 3 is 2.70 bits per heavy atom. The number of non-ortho nitro benzene ring substituents is 1. The lowest BCUT2D eigenvalue weighted by molar-refractivity contribution is -0.384. The van der Waals surface area contributed by atoms with Gasteiger partial charge in [0.2, 0.25) is 5.91 Å². The second-order valence-corrected chi connectivity index (χ2v) is 4.25. The molecule has 0 atom stereocenters. The number of amides is 2. The minimum atomic E-state index is -0.571. The van der Waals surface area contributed by atoms with E-state index in [1.165, 1.54) is 29.2 Å². The van der Waals surface area contributed by atoms with Crippen molar-refractivity contribution in [2.24, 2.45) is 0 Å². The summed E-state index contributed by atoms with van der Waals surface area (Å²) in [5.41, 5.74) is 0.623. The molecule has 0 bridgehead atoms. The van der Waals surface area contributed by atoms with Crippen LogP contribution in [0.1, 0.15) is 5.56 Å². The molecule has 2 rings (SSSR count). The van der Waals surface area contributed by atoms with E-state index in [2.05, 4.69) is 5.32 Å². The van der Waals surface area contributed by atoms with Crippen LogP contribution in [0, 0.1) is 10.1 Å². The van der Waals surface area contributed by atoms with Crippen molar-refractivity contribution in [1.29, 1.82) is 0 Å². The summed E-state index contributed by atoms with van der Waals surface area (Å²) in [6, 6.07) is 5.73. The van der Waals surface area contributed by atoms with Crippen molar-refractivity contribution < 1.29 is 19.2 Å². The Balaban J connectivity index is 1.86. The van der Waals surface area contributed by atoms with Crippen molar-refractivity contribution in [3.05, 3.63) is 39.9 Å². The molecule has 0 saturated carbocycles. The van der Waals surface area contributed by atoms with E-state index < -0.39 is 11.0 Å². The van der Waals surface area contributed by atoms with Crippen LogP contribution >= 0.6 is 0 Å². The lowest BCUT2D eigenvalue weighted by Gasteiger charge is -2.25.